The largest absolute Gasteiger partial charge is 0.462 e. The van der Waals surface area contributed by atoms with Crippen molar-refractivity contribution in [3.05, 3.63) is 0 Å². The molecule has 63 heavy (non-hydrogen) atoms. The quantitative estimate of drug-likeness (QED) is 0.0344. The Labute approximate surface area is 393 Å². The molecule has 0 N–H and O–H groups in total. The number of esters is 3. The maximum Gasteiger partial charge on any atom is 0.306 e. The Morgan fingerprint density at radius 1 is 0.317 bits per heavy atom. The minimum absolute atomic E-state index is 0.0644. The summed E-state index contributed by atoms with van der Waals surface area (Å²) in [6.07, 6.45) is 49.6. The summed E-state index contributed by atoms with van der Waals surface area (Å²) in [6.45, 7) is 13.7. The van der Waals surface area contributed by atoms with Gasteiger partial charge in [-0.15, -0.1) is 0 Å². The first-order valence-corrected chi connectivity index (χ1v) is 28.1. The molecule has 2 atom stereocenters. The van der Waals surface area contributed by atoms with Gasteiger partial charge in [0.05, 0.1) is 0 Å². The minimum atomic E-state index is -0.763. The number of carbonyl (C=O) groups is 3. The summed E-state index contributed by atoms with van der Waals surface area (Å²) < 4.78 is 16.8. The predicted molar refractivity (Wildman–Crippen MR) is 270 cm³/mol. The third-order valence-corrected chi connectivity index (χ3v) is 13.3. The Balaban J connectivity index is 4.22. The average molecular weight is 892 g/mol. The Kier molecular flexibility index (Phi) is 47.1. The first-order chi connectivity index (χ1) is 30.6. The molecule has 0 fully saturated rings. The van der Waals surface area contributed by atoms with E-state index in [0.29, 0.717) is 19.3 Å². The van der Waals surface area contributed by atoms with E-state index in [4.69, 9.17) is 14.2 Å². The van der Waals surface area contributed by atoms with Gasteiger partial charge in [0.1, 0.15) is 13.2 Å². The zero-order valence-corrected chi connectivity index (χ0v) is 43.4. The fraction of sp³-hybridized carbons (Fsp3) is 0.947. The molecule has 0 aliphatic rings. The molecule has 0 amide bonds. The Morgan fingerprint density at radius 3 is 0.825 bits per heavy atom. The summed E-state index contributed by atoms with van der Waals surface area (Å²) in [4.78, 5) is 38.0. The topological polar surface area (TPSA) is 78.9 Å². The van der Waals surface area contributed by atoms with Crippen LogP contribution in [0.25, 0.3) is 0 Å². The van der Waals surface area contributed by atoms with Gasteiger partial charge in [0.2, 0.25) is 0 Å². The summed E-state index contributed by atoms with van der Waals surface area (Å²) in [7, 11) is 0. The molecule has 0 aliphatic heterocycles. The van der Waals surface area contributed by atoms with Crippen molar-refractivity contribution in [2.24, 2.45) is 17.8 Å². The van der Waals surface area contributed by atoms with Gasteiger partial charge in [0.15, 0.2) is 6.10 Å². The van der Waals surface area contributed by atoms with Crippen LogP contribution < -0.4 is 0 Å². The molecule has 374 valence electrons. The maximum absolute atomic E-state index is 12.8. The molecule has 0 saturated heterocycles. The van der Waals surface area contributed by atoms with Crippen LogP contribution in [0.2, 0.25) is 0 Å². The second kappa shape index (κ2) is 48.3. The van der Waals surface area contributed by atoms with Gasteiger partial charge in [-0.3, -0.25) is 14.4 Å². The van der Waals surface area contributed by atoms with Crippen molar-refractivity contribution >= 4 is 17.9 Å². The molecular weight excluding hydrogens is 781 g/mol. The first kappa shape index (κ1) is 61.4. The first-order valence-electron chi connectivity index (χ1n) is 28.1. The van der Waals surface area contributed by atoms with E-state index in [2.05, 4.69) is 41.5 Å². The molecule has 0 aliphatic carbocycles. The third-order valence-electron chi connectivity index (χ3n) is 13.3. The van der Waals surface area contributed by atoms with Gasteiger partial charge >= 0.3 is 17.9 Å². The van der Waals surface area contributed by atoms with E-state index < -0.39 is 6.10 Å². The highest BCUT2D eigenvalue weighted by atomic mass is 16.6. The molecule has 0 spiro atoms. The van der Waals surface area contributed by atoms with Crippen LogP contribution in [0.4, 0.5) is 0 Å². The second-order valence-electron chi connectivity index (χ2n) is 20.8. The Morgan fingerprint density at radius 2 is 0.556 bits per heavy atom. The summed E-state index contributed by atoms with van der Waals surface area (Å²) in [5, 5.41) is 0. The number of ether oxygens (including phenoxy) is 3. The van der Waals surface area contributed by atoms with E-state index in [1.807, 2.05) is 0 Å². The van der Waals surface area contributed by atoms with Gasteiger partial charge in [-0.25, -0.2) is 0 Å². The predicted octanol–water partition coefficient (Wildman–Crippen LogP) is 18.3. The van der Waals surface area contributed by atoms with Gasteiger partial charge in [0, 0.05) is 19.3 Å². The summed E-state index contributed by atoms with van der Waals surface area (Å²) >= 11 is 0. The van der Waals surface area contributed by atoms with Crippen LogP contribution in [0, 0.1) is 17.8 Å². The van der Waals surface area contributed by atoms with E-state index in [-0.39, 0.29) is 31.1 Å². The monoisotopic (exact) mass is 891 g/mol. The molecule has 0 aromatic heterocycles. The molecule has 0 bridgehead atoms. The van der Waals surface area contributed by atoms with Crippen molar-refractivity contribution in [2.45, 2.75) is 317 Å². The molecule has 0 rings (SSSR count). The highest BCUT2D eigenvalue weighted by Gasteiger charge is 2.19. The number of hydrogen-bond acceptors (Lipinski definition) is 6. The molecule has 0 aromatic rings. The fourth-order valence-electron chi connectivity index (χ4n) is 8.61. The summed E-state index contributed by atoms with van der Waals surface area (Å²) in [5.74, 6) is 1.66. The van der Waals surface area contributed by atoms with Crippen LogP contribution in [0.5, 0.6) is 0 Å². The lowest BCUT2D eigenvalue weighted by molar-refractivity contribution is -0.167. The van der Waals surface area contributed by atoms with Crippen molar-refractivity contribution in [3.8, 4) is 0 Å². The van der Waals surface area contributed by atoms with Gasteiger partial charge in [-0.2, -0.15) is 0 Å². The van der Waals surface area contributed by atoms with Gasteiger partial charge in [-0.1, -0.05) is 273 Å². The van der Waals surface area contributed by atoms with Crippen LogP contribution >= 0.6 is 0 Å². The zero-order valence-electron chi connectivity index (χ0n) is 43.4. The lowest BCUT2D eigenvalue weighted by Crippen LogP contribution is -2.30. The maximum atomic E-state index is 12.8. The second-order valence-corrected chi connectivity index (χ2v) is 20.8. The highest BCUT2D eigenvalue weighted by molar-refractivity contribution is 5.71. The lowest BCUT2D eigenvalue weighted by atomic mass is 9.99. The summed E-state index contributed by atoms with van der Waals surface area (Å²) in [6, 6.07) is 0. The van der Waals surface area contributed by atoms with Crippen molar-refractivity contribution in [1.29, 1.82) is 0 Å². The fourth-order valence-corrected chi connectivity index (χ4v) is 8.61. The van der Waals surface area contributed by atoms with E-state index in [1.165, 1.54) is 193 Å². The molecule has 1 unspecified atom stereocenters. The van der Waals surface area contributed by atoms with Crippen LogP contribution in [0.15, 0.2) is 0 Å². The minimum Gasteiger partial charge on any atom is -0.462 e. The van der Waals surface area contributed by atoms with Crippen molar-refractivity contribution < 1.29 is 28.6 Å². The Hall–Kier alpha value is -1.59. The van der Waals surface area contributed by atoms with E-state index >= 15 is 0 Å². The normalized spacial score (nSPS) is 12.6. The van der Waals surface area contributed by atoms with Gasteiger partial charge in [-0.05, 0) is 37.0 Å². The summed E-state index contributed by atoms with van der Waals surface area (Å²) in [5.41, 5.74) is 0. The standard InChI is InChI=1S/C57H110O6/c1-7-53(6)45-39-33-27-23-24-30-36-42-48-57(60)63-54(50-62-56(59)47-41-35-29-22-18-20-26-32-38-44-52(4)5)49-61-55(58)46-40-34-28-21-17-15-13-11-9-8-10-12-14-16-19-25-31-37-43-51(2)3/h51-54H,7-50H2,1-6H3/t53?,54-/m0/s1. The number of hydrogen-bond donors (Lipinski definition) is 0. The number of rotatable bonds is 50. The van der Waals surface area contributed by atoms with E-state index in [0.717, 1.165) is 75.5 Å². The number of unbranched alkanes of at least 4 members (excludes halogenated alkanes) is 32. The van der Waals surface area contributed by atoms with Gasteiger partial charge < -0.3 is 14.2 Å². The highest BCUT2D eigenvalue weighted by Crippen LogP contribution is 2.18. The molecule has 6 nitrogen and oxygen atoms in total. The van der Waals surface area contributed by atoms with Crippen LogP contribution in [-0.4, -0.2) is 37.2 Å². The van der Waals surface area contributed by atoms with Crippen LogP contribution in [0.1, 0.15) is 311 Å². The van der Waals surface area contributed by atoms with Crippen LogP contribution in [-0.2, 0) is 28.6 Å². The number of carbonyl (C=O) groups excluding carboxylic acids is 3. The van der Waals surface area contributed by atoms with E-state index in [1.54, 1.807) is 0 Å². The van der Waals surface area contributed by atoms with Crippen molar-refractivity contribution in [1.82, 2.24) is 0 Å². The third kappa shape index (κ3) is 49.7. The molecule has 0 radical (unpaired) electrons. The zero-order chi connectivity index (χ0) is 46.3. The van der Waals surface area contributed by atoms with Crippen molar-refractivity contribution in [3.63, 3.8) is 0 Å². The molecule has 0 aromatic carbocycles. The molecule has 0 heterocycles. The van der Waals surface area contributed by atoms with Crippen molar-refractivity contribution in [2.75, 3.05) is 13.2 Å². The Bertz CT molecular complexity index is 978. The molecular formula is C57H110O6. The smallest absolute Gasteiger partial charge is 0.306 e. The van der Waals surface area contributed by atoms with Crippen LogP contribution in [0.3, 0.4) is 0 Å². The molecule has 6 heteroatoms. The average Bonchev–Trinajstić information content (AvgIpc) is 3.25. The molecule has 0 saturated carbocycles. The van der Waals surface area contributed by atoms with Gasteiger partial charge in [0.25, 0.3) is 0 Å². The van der Waals surface area contributed by atoms with E-state index in [9.17, 15) is 14.4 Å². The SMILES string of the molecule is CCC(C)CCCCCCCCCCC(=O)O[C@@H](COC(=O)CCCCCCCCCCCCCCCCCCCCC(C)C)COC(=O)CCCCCCCCCCCC(C)C. The lowest BCUT2D eigenvalue weighted by Gasteiger charge is -2.18.